The fourth-order valence-electron chi connectivity index (χ4n) is 7.77. The quantitative estimate of drug-likeness (QED) is 0.204. The lowest BCUT2D eigenvalue weighted by molar-refractivity contribution is 0.628. The normalized spacial score (nSPS) is 12.4. The minimum Gasteiger partial charge on any atom is -0.454 e. The summed E-state index contributed by atoms with van der Waals surface area (Å²) in [5.41, 5.74) is 8.02. The number of nitrogens with zero attached hydrogens (tertiary/aromatic N) is 1. The van der Waals surface area contributed by atoms with Crippen molar-refractivity contribution in [3.8, 4) is 0 Å². The second kappa shape index (κ2) is 8.89. The van der Waals surface area contributed by atoms with Crippen LogP contribution in [0.2, 0.25) is 0 Å². The van der Waals surface area contributed by atoms with E-state index in [1.54, 1.807) is 0 Å². The molecule has 3 heterocycles. The molecule has 0 aliphatic rings. The van der Waals surface area contributed by atoms with Crippen molar-refractivity contribution in [2.45, 2.75) is 0 Å². The molecular formula is C42H23FN2O2. The van der Waals surface area contributed by atoms with Gasteiger partial charge in [0.15, 0.2) is 11.2 Å². The second-order valence-electron chi connectivity index (χ2n) is 12.3. The van der Waals surface area contributed by atoms with Gasteiger partial charge >= 0.3 is 0 Å². The van der Waals surface area contributed by atoms with E-state index < -0.39 is 0 Å². The summed E-state index contributed by atoms with van der Waals surface area (Å²) in [6.07, 6.45) is 0. The Morgan fingerprint density at radius 1 is 0.468 bits per heavy atom. The maximum absolute atomic E-state index is 14.2. The predicted molar refractivity (Wildman–Crippen MR) is 191 cm³/mol. The van der Waals surface area contributed by atoms with Crippen LogP contribution in [-0.2, 0) is 0 Å². The first-order valence-electron chi connectivity index (χ1n) is 15.7. The van der Waals surface area contributed by atoms with E-state index in [-0.39, 0.29) is 5.82 Å². The van der Waals surface area contributed by atoms with Gasteiger partial charge in [-0.2, -0.15) is 0 Å². The molecule has 220 valence electrons. The lowest BCUT2D eigenvalue weighted by atomic mass is 9.98. The third-order valence-electron chi connectivity index (χ3n) is 9.77. The van der Waals surface area contributed by atoms with Crippen LogP contribution in [0.5, 0.6) is 0 Å². The molecule has 8 aromatic carbocycles. The molecule has 0 amide bonds. The third-order valence-corrected chi connectivity index (χ3v) is 9.77. The second-order valence-corrected chi connectivity index (χ2v) is 12.3. The number of furan rings is 2. The Bertz CT molecular complexity index is 3030. The van der Waals surface area contributed by atoms with Crippen LogP contribution >= 0.6 is 0 Å². The Morgan fingerprint density at radius 3 is 2.04 bits per heavy atom. The zero-order valence-corrected chi connectivity index (χ0v) is 24.8. The topological polar surface area (TPSA) is 45.3 Å². The van der Waals surface area contributed by atoms with Crippen LogP contribution in [0.3, 0.4) is 0 Å². The highest BCUT2D eigenvalue weighted by Crippen LogP contribution is 2.48. The van der Waals surface area contributed by atoms with Gasteiger partial charge in [0.2, 0.25) is 0 Å². The molecular weight excluding hydrogens is 583 g/mol. The van der Waals surface area contributed by atoms with Crippen molar-refractivity contribution >= 4 is 104 Å². The molecule has 5 heteroatoms. The number of nitrogens with one attached hydrogen (secondary N) is 1. The molecule has 47 heavy (non-hydrogen) atoms. The standard InChI is InChI=1S/C42H23FN2O2/c43-26-17-19-27(20-18-26)45(32-12-5-8-23-7-1-2-9-28(23)32)33-13-6-11-30-38-35(47-41(30)33)22-25-16-15-24-21-31-29-10-3-4-14-34(29)46-42(31)40-37(24)36(25)39(38)44-40/h1-22,44H. The smallest absolute Gasteiger partial charge is 0.159 e. The number of anilines is 3. The Balaban J connectivity index is 1.25. The average molecular weight is 607 g/mol. The van der Waals surface area contributed by atoms with Gasteiger partial charge in [-0.15, -0.1) is 0 Å². The molecule has 0 saturated heterocycles. The molecule has 0 saturated carbocycles. The molecule has 11 rings (SSSR count). The molecule has 0 radical (unpaired) electrons. The zero-order valence-electron chi connectivity index (χ0n) is 24.8. The van der Waals surface area contributed by atoms with Crippen LogP contribution < -0.4 is 4.90 Å². The monoisotopic (exact) mass is 606 g/mol. The number of aromatic nitrogens is 1. The third kappa shape index (κ3) is 3.30. The largest absolute Gasteiger partial charge is 0.454 e. The number of rotatable bonds is 3. The molecule has 0 aliphatic carbocycles. The number of benzene rings is 8. The summed E-state index contributed by atoms with van der Waals surface area (Å²) >= 11 is 0. The molecule has 3 aromatic heterocycles. The van der Waals surface area contributed by atoms with E-state index in [1.165, 1.54) is 28.3 Å². The van der Waals surface area contributed by atoms with Gasteiger partial charge in [-0.3, -0.25) is 0 Å². The van der Waals surface area contributed by atoms with Crippen molar-refractivity contribution < 1.29 is 13.2 Å². The van der Waals surface area contributed by atoms with Crippen molar-refractivity contribution in [3.05, 3.63) is 139 Å². The van der Waals surface area contributed by atoms with Gasteiger partial charge in [-0.05, 0) is 70.8 Å². The van der Waals surface area contributed by atoms with E-state index >= 15 is 0 Å². The van der Waals surface area contributed by atoms with Crippen LogP contribution in [0, 0.1) is 5.82 Å². The van der Waals surface area contributed by atoms with E-state index in [2.05, 4.69) is 94.8 Å². The SMILES string of the molecule is Fc1ccc(N(c2cccc3ccccc23)c2cccc3c2oc2cc4ccc5cc6c7ccccc7oc6c6[nH]c(c23)c4c56)cc1. The van der Waals surface area contributed by atoms with Crippen molar-refractivity contribution in [2.75, 3.05) is 4.90 Å². The van der Waals surface area contributed by atoms with E-state index in [0.29, 0.717) is 0 Å². The number of halogens is 1. The van der Waals surface area contributed by atoms with Crippen LogP contribution in [0.4, 0.5) is 21.5 Å². The van der Waals surface area contributed by atoms with E-state index in [1.807, 2.05) is 36.4 Å². The maximum Gasteiger partial charge on any atom is 0.159 e. The summed E-state index contributed by atoms with van der Waals surface area (Å²) in [7, 11) is 0. The van der Waals surface area contributed by atoms with Gasteiger partial charge < -0.3 is 18.7 Å². The highest BCUT2D eigenvalue weighted by molar-refractivity contribution is 6.36. The first-order chi connectivity index (χ1) is 23.2. The van der Waals surface area contributed by atoms with Gasteiger partial charge in [0, 0.05) is 38.0 Å². The number of H-pyrrole nitrogens is 1. The van der Waals surface area contributed by atoms with Gasteiger partial charge in [0.1, 0.15) is 17.0 Å². The van der Waals surface area contributed by atoms with E-state index in [9.17, 15) is 4.39 Å². The summed E-state index contributed by atoms with van der Waals surface area (Å²) in [4.78, 5) is 5.99. The molecule has 0 spiro atoms. The molecule has 0 bridgehead atoms. The average Bonchev–Trinajstić information content (AvgIpc) is 3.80. The number of hydrogen-bond donors (Lipinski definition) is 1. The predicted octanol–water partition coefficient (Wildman–Crippen LogP) is 12.5. The van der Waals surface area contributed by atoms with Gasteiger partial charge in [0.05, 0.1) is 27.8 Å². The van der Waals surface area contributed by atoms with Crippen molar-refractivity contribution in [1.82, 2.24) is 4.98 Å². The Labute approximate surface area is 266 Å². The lowest BCUT2D eigenvalue weighted by Crippen LogP contribution is -2.10. The Morgan fingerprint density at radius 2 is 1.15 bits per heavy atom. The number of fused-ring (bicyclic) bond motifs is 9. The van der Waals surface area contributed by atoms with Crippen LogP contribution in [-0.4, -0.2) is 4.98 Å². The van der Waals surface area contributed by atoms with Gasteiger partial charge in [-0.25, -0.2) is 4.39 Å². The first kappa shape index (κ1) is 24.9. The highest BCUT2D eigenvalue weighted by atomic mass is 19.1. The number of hydrogen-bond acceptors (Lipinski definition) is 3. The summed E-state index contributed by atoms with van der Waals surface area (Å²) in [6, 6.07) is 44.5. The van der Waals surface area contributed by atoms with Crippen LogP contribution in [0.25, 0.3) is 87.2 Å². The zero-order chi connectivity index (χ0) is 30.8. The lowest BCUT2D eigenvalue weighted by Gasteiger charge is -2.26. The van der Waals surface area contributed by atoms with Gasteiger partial charge in [0.25, 0.3) is 0 Å². The molecule has 0 atom stereocenters. The Hall–Kier alpha value is -6.33. The minimum absolute atomic E-state index is 0.279. The number of aromatic amines is 1. The summed E-state index contributed by atoms with van der Waals surface area (Å²) in [6.45, 7) is 0. The fourth-order valence-corrected chi connectivity index (χ4v) is 7.77. The van der Waals surface area contributed by atoms with Crippen molar-refractivity contribution in [3.63, 3.8) is 0 Å². The molecule has 0 unspecified atom stereocenters. The fraction of sp³-hybridized carbons (Fsp3) is 0. The summed E-state index contributed by atoms with van der Waals surface area (Å²) < 4.78 is 27.5. The summed E-state index contributed by atoms with van der Waals surface area (Å²) in [5, 5.41) is 11.1. The number of para-hydroxylation sites is 2. The Kier molecular flexibility index (Phi) is 4.72. The van der Waals surface area contributed by atoms with Crippen molar-refractivity contribution in [1.29, 1.82) is 0 Å². The highest BCUT2D eigenvalue weighted by Gasteiger charge is 2.25. The molecule has 0 fully saturated rings. The molecule has 1 N–H and O–H groups in total. The van der Waals surface area contributed by atoms with Crippen LogP contribution in [0.15, 0.2) is 142 Å². The van der Waals surface area contributed by atoms with E-state index in [4.69, 9.17) is 8.83 Å². The molecule has 11 aromatic rings. The summed E-state index contributed by atoms with van der Waals surface area (Å²) in [5.74, 6) is -0.279. The first-order valence-corrected chi connectivity index (χ1v) is 15.7. The van der Waals surface area contributed by atoms with Crippen LogP contribution in [0.1, 0.15) is 0 Å². The maximum atomic E-state index is 14.2. The van der Waals surface area contributed by atoms with Crippen molar-refractivity contribution in [2.24, 2.45) is 0 Å². The minimum atomic E-state index is -0.279. The van der Waals surface area contributed by atoms with E-state index in [0.717, 1.165) is 88.1 Å². The molecule has 0 aliphatic heterocycles. The molecule has 4 nitrogen and oxygen atoms in total. The van der Waals surface area contributed by atoms with Gasteiger partial charge in [-0.1, -0.05) is 78.9 Å².